The summed E-state index contributed by atoms with van der Waals surface area (Å²) in [6, 6.07) is 10.9. The molecule has 0 radical (unpaired) electrons. The van der Waals surface area contributed by atoms with Crippen LogP contribution in [-0.4, -0.2) is 55.3 Å². The molecular formula is C21H24N4O5S. The zero-order valence-corrected chi connectivity index (χ0v) is 18.5. The van der Waals surface area contributed by atoms with Crippen LogP contribution in [0.1, 0.15) is 5.56 Å². The third kappa shape index (κ3) is 5.60. The van der Waals surface area contributed by atoms with E-state index in [1.54, 1.807) is 40.6 Å². The summed E-state index contributed by atoms with van der Waals surface area (Å²) >= 11 is 1.24. The second kappa shape index (κ2) is 10.6. The van der Waals surface area contributed by atoms with Gasteiger partial charge in [0, 0.05) is 12.6 Å². The molecule has 0 unspecified atom stereocenters. The smallest absolute Gasteiger partial charge is 0.230 e. The molecule has 9 nitrogen and oxygen atoms in total. The molecule has 1 heterocycles. The van der Waals surface area contributed by atoms with Gasteiger partial charge in [-0.1, -0.05) is 17.8 Å². The lowest BCUT2D eigenvalue weighted by Gasteiger charge is -2.10. The second-order valence-electron chi connectivity index (χ2n) is 6.29. The van der Waals surface area contributed by atoms with E-state index < -0.39 is 0 Å². The molecule has 3 rings (SSSR count). The molecule has 1 aromatic heterocycles. The highest BCUT2D eigenvalue weighted by Crippen LogP contribution is 2.32. The zero-order chi connectivity index (χ0) is 22.2. The van der Waals surface area contributed by atoms with Gasteiger partial charge in [0.05, 0.1) is 39.8 Å². The third-order valence-corrected chi connectivity index (χ3v) is 5.25. The molecule has 0 spiro atoms. The van der Waals surface area contributed by atoms with E-state index in [9.17, 15) is 4.79 Å². The van der Waals surface area contributed by atoms with Gasteiger partial charge in [-0.3, -0.25) is 9.89 Å². The monoisotopic (exact) mass is 444 g/mol. The number of rotatable bonds is 10. The highest BCUT2D eigenvalue weighted by Gasteiger charge is 2.14. The van der Waals surface area contributed by atoms with Crippen molar-refractivity contribution in [3.63, 3.8) is 0 Å². The molecule has 0 saturated carbocycles. The van der Waals surface area contributed by atoms with Crippen molar-refractivity contribution in [2.24, 2.45) is 0 Å². The lowest BCUT2D eigenvalue weighted by molar-refractivity contribution is -0.118. The molecule has 0 aliphatic rings. The molecule has 10 heteroatoms. The first-order chi connectivity index (χ1) is 15.1. The highest BCUT2D eigenvalue weighted by atomic mass is 32.2. The average molecular weight is 445 g/mol. The molecule has 2 N–H and O–H groups in total. The van der Waals surface area contributed by atoms with Gasteiger partial charge >= 0.3 is 0 Å². The Morgan fingerprint density at radius 1 is 0.968 bits per heavy atom. The molecular weight excluding hydrogens is 420 g/mol. The fourth-order valence-corrected chi connectivity index (χ4v) is 3.43. The summed E-state index contributed by atoms with van der Waals surface area (Å²) in [5, 5.41) is 10.4. The Kier molecular flexibility index (Phi) is 7.60. The lowest BCUT2D eigenvalue weighted by Crippen LogP contribution is -2.24. The van der Waals surface area contributed by atoms with E-state index in [2.05, 4.69) is 20.5 Å². The van der Waals surface area contributed by atoms with Crippen LogP contribution in [0.3, 0.4) is 0 Å². The number of amides is 1. The topological polar surface area (TPSA) is 108 Å². The minimum absolute atomic E-state index is 0.131. The van der Waals surface area contributed by atoms with E-state index in [4.69, 9.17) is 18.9 Å². The summed E-state index contributed by atoms with van der Waals surface area (Å²) < 4.78 is 21.1. The minimum Gasteiger partial charge on any atom is -0.497 e. The molecule has 0 saturated heterocycles. The summed E-state index contributed by atoms with van der Waals surface area (Å²) in [6.07, 6.45) is 0. The Morgan fingerprint density at radius 3 is 2.45 bits per heavy atom. The van der Waals surface area contributed by atoms with Crippen LogP contribution in [0.15, 0.2) is 41.6 Å². The molecule has 0 fully saturated rings. The minimum atomic E-state index is -0.131. The first-order valence-electron chi connectivity index (χ1n) is 9.33. The van der Waals surface area contributed by atoms with Crippen molar-refractivity contribution >= 4 is 17.7 Å². The summed E-state index contributed by atoms with van der Waals surface area (Å²) in [5.41, 5.74) is 1.66. The number of thioether (sulfide) groups is 1. The first-order valence-corrected chi connectivity index (χ1v) is 10.3. The standard InChI is InChI=1S/C21H24N4O5S/c1-27-14-6-7-15(17(10-14)29-3)20-23-21(25-24-20)31-12-19(26)22-11-13-5-8-16(28-2)18(9-13)30-4/h5-10H,11-12H2,1-4H3,(H,22,26)(H,23,24,25). The SMILES string of the molecule is COc1ccc(-c2nc(SCC(=O)NCc3ccc(OC)c(OC)c3)n[nH]2)c(OC)c1. The van der Waals surface area contributed by atoms with Gasteiger partial charge in [0.25, 0.3) is 0 Å². The predicted molar refractivity (Wildman–Crippen MR) is 117 cm³/mol. The van der Waals surface area contributed by atoms with Gasteiger partial charge in [-0.05, 0) is 29.8 Å². The van der Waals surface area contributed by atoms with E-state index in [-0.39, 0.29) is 11.7 Å². The van der Waals surface area contributed by atoms with Gasteiger partial charge in [-0.25, -0.2) is 4.98 Å². The molecule has 164 valence electrons. The van der Waals surface area contributed by atoms with Crippen molar-refractivity contribution < 1.29 is 23.7 Å². The summed E-state index contributed by atoms with van der Waals surface area (Å²) in [5.74, 6) is 3.15. The molecule has 0 aliphatic carbocycles. The maximum atomic E-state index is 12.2. The van der Waals surface area contributed by atoms with Crippen LogP contribution in [0.5, 0.6) is 23.0 Å². The van der Waals surface area contributed by atoms with Crippen LogP contribution >= 0.6 is 11.8 Å². The van der Waals surface area contributed by atoms with Crippen molar-refractivity contribution in [3.8, 4) is 34.4 Å². The molecule has 2 aromatic carbocycles. The predicted octanol–water partition coefficient (Wildman–Crippen LogP) is 2.91. The Labute approximate surface area is 184 Å². The Bertz CT molecular complexity index is 1040. The van der Waals surface area contributed by atoms with E-state index in [0.717, 1.165) is 11.1 Å². The van der Waals surface area contributed by atoms with Crippen LogP contribution in [-0.2, 0) is 11.3 Å². The normalized spacial score (nSPS) is 10.5. The van der Waals surface area contributed by atoms with Gasteiger partial charge in [-0.15, -0.1) is 5.10 Å². The average Bonchev–Trinajstić information content (AvgIpc) is 3.29. The number of aromatic amines is 1. The Morgan fingerprint density at radius 2 is 1.74 bits per heavy atom. The van der Waals surface area contributed by atoms with Gasteiger partial charge in [-0.2, -0.15) is 0 Å². The third-order valence-electron chi connectivity index (χ3n) is 4.40. The lowest BCUT2D eigenvalue weighted by atomic mass is 10.2. The van der Waals surface area contributed by atoms with Crippen LogP contribution in [0.2, 0.25) is 0 Å². The number of H-pyrrole nitrogens is 1. The second-order valence-corrected chi connectivity index (χ2v) is 7.23. The number of aromatic nitrogens is 3. The number of carbonyl (C=O) groups is 1. The summed E-state index contributed by atoms with van der Waals surface area (Å²) in [6.45, 7) is 0.377. The summed E-state index contributed by atoms with van der Waals surface area (Å²) in [7, 11) is 6.32. The van der Waals surface area contributed by atoms with Crippen LogP contribution in [0, 0.1) is 0 Å². The number of ether oxygens (including phenoxy) is 4. The van der Waals surface area contributed by atoms with Crippen LogP contribution in [0.25, 0.3) is 11.4 Å². The van der Waals surface area contributed by atoms with Crippen LogP contribution in [0.4, 0.5) is 0 Å². The molecule has 1 amide bonds. The Hall–Kier alpha value is -3.40. The van der Waals surface area contributed by atoms with Gasteiger partial charge in [0.15, 0.2) is 17.3 Å². The van der Waals surface area contributed by atoms with Crippen molar-refractivity contribution in [2.45, 2.75) is 11.7 Å². The molecule has 0 aliphatic heterocycles. The number of nitrogens with zero attached hydrogens (tertiary/aromatic N) is 2. The quantitative estimate of drug-likeness (QED) is 0.460. The van der Waals surface area contributed by atoms with Crippen molar-refractivity contribution in [3.05, 3.63) is 42.0 Å². The highest BCUT2D eigenvalue weighted by molar-refractivity contribution is 7.99. The maximum absolute atomic E-state index is 12.2. The molecule has 0 bridgehead atoms. The molecule has 3 aromatic rings. The number of methoxy groups -OCH3 is 4. The molecule has 0 atom stereocenters. The Balaban J connectivity index is 1.55. The van der Waals surface area contributed by atoms with E-state index >= 15 is 0 Å². The number of nitrogens with one attached hydrogen (secondary N) is 2. The number of hydrogen-bond acceptors (Lipinski definition) is 8. The van der Waals surface area contributed by atoms with Crippen molar-refractivity contribution in [2.75, 3.05) is 34.2 Å². The fraction of sp³-hybridized carbons (Fsp3) is 0.286. The van der Waals surface area contributed by atoms with E-state index in [1.165, 1.54) is 11.8 Å². The van der Waals surface area contributed by atoms with Gasteiger partial charge < -0.3 is 24.3 Å². The number of hydrogen-bond donors (Lipinski definition) is 2. The zero-order valence-electron chi connectivity index (χ0n) is 17.7. The number of benzene rings is 2. The maximum Gasteiger partial charge on any atom is 0.230 e. The van der Waals surface area contributed by atoms with Crippen LogP contribution < -0.4 is 24.3 Å². The first kappa shape index (κ1) is 22.3. The van der Waals surface area contributed by atoms with Gasteiger partial charge in [0.1, 0.15) is 11.5 Å². The van der Waals surface area contributed by atoms with E-state index in [1.807, 2.05) is 24.3 Å². The van der Waals surface area contributed by atoms with Crippen molar-refractivity contribution in [1.82, 2.24) is 20.5 Å². The summed E-state index contributed by atoms with van der Waals surface area (Å²) in [4.78, 5) is 16.7. The van der Waals surface area contributed by atoms with Gasteiger partial charge in [0.2, 0.25) is 11.1 Å². The van der Waals surface area contributed by atoms with E-state index in [0.29, 0.717) is 40.5 Å². The largest absolute Gasteiger partial charge is 0.497 e. The molecule has 31 heavy (non-hydrogen) atoms. The fourth-order valence-electron chi connectivity index (χ4n) is 2.80. The van der Waals surface area contributed by atoms with Crippen molar-refractivity contribution in [1.29, 1.82) is 0 Å². The number of carbonyl (C=O) groups excluding carboxylic acids is 1.